The minimum absolute atomic E-state index is 0.153. The van der Waals surface area contributed by atoms with Crippen molar-refractivity contribution < 1.29 is 28.9 Å². The molecular weight excluding hydrogens is 434 g/mol. The van der Waals surface area contributed by atoms with Gasteiger partial charge in [-0.05, 0) is 65.2 Å². The summed E-state index contributed by atoms with van der Waals surface area (Å²) in [5.74, 6) is -0.252. The summed E-state index contributed by atoms with van der Waals surface area (Å²) >= 11 is 0. The van der Waals surface area contributed by atoms with Gasteiger partial charge < -0.3 is 24.2 Å². The van der Waals surface area contributed by atoms with E-state index < -0.39 is 17.7 Å². The zero-order valence-electron chi connectivity index (χ0n) is 22.0. The molecule has 0 aliphatic rings. The Bertz CT molecular complexity index is 711. The lowest BCUT2D eigenvalue weighted by Crippen LogP contribution is -2.38. The Morgan fingerprint density at radius 3 is 2.15 bits per heavy atom. The monoisotopic (exact) mass is 479 g/mol. The van der Waals surface area contributed by atoms with E-state index in [0.29, 0.717) is 38.3 Å². The van der Waals surface area contributed by atoms with E-state index in [-0.39, 0.29) is 12.2 Å². The first-order valence-electron chi connectivity index (χ1n) is 12.6. The van der Waals surface area contributed by atoms with Crippen LogP contribution >= 0.6 is 0 Å². The van der Waals surface area contributed by atoms with Gasteiger partial charge in [0.25, 0.3) is 0 Å². The van der Waals surface area contributed by atoms with Crippen molar-refractivity contribution in [2.24, 2.45) is 0 Å². The zero-order valence-corrected chi connectivity index (χ0v) is 22.0. The number of unbranched alkanes of at least 4 members (excludes halogenated alkanes) is 4. The van der Waals surface area contributed by atoms with Gasteiger partial charge in [-0.25, -0.2) is 9.59 Å². The molecule has 1 aromatic rings. The van der Waals surface area contributed by atoms with Crippen molar-refractivity contribution in [3.05, 3.63) is 29.8 Å². The lowest BCUT2D eigenvalue weighted by Gasteiger charge is -2.27. The highest BCUT2D eigenvalue weighted by atomic mass is 16.6. The van der Waals surface area contributed by atoms with Crippen LogP contribution in [0.3, 0.4) is 0 Å². The molecule has 1 aromatic carbocycles. The molecular formula is C27H45NO6. The molecule has 34 heavy (non-hydrogen) atoms. The lowest BCUT2D eigenvalue weighted by atomic mass is 10.1. The number of carboxylic acids is 1. The van der Waals surface area contributed by atoms with Crippen molar-refractivity contribution in [2.75, 3.05) is 19.7 Å². The molecule has 0 spiro atoms. The highest BCUT2D eigenvalue weighted by Crippen LogP contribution is 2.16. The predicted molar refractivity (Wildman–Crippen MR) is 134 cm³/mol. The summed E-state index contributed by atoms with van der Waals surface area (Å²) in [4.78, 5) is 25.8. The summed E-state index contributed by atoms with van der Waals surface area (Å²) in [7, 11) is 0. The van der Waals surface area contributed by atoms with Crippen molar-refractivity contribution in [1.82, 2.24) is 4.90 Å². The molecule has 0 bridgehead atoms. The van der Waals surface area contributed by atoms with Crippen molar-refractivity contribution in [1.29, 1.82) is 0 Å². The predicted octanol–water partition coefficient (Wildman–Crippen LogP) is 6.08. The fraction of sp³-hybridized carbons (Fsp3) is 0.704. The van der Waals surface area contributed by atoms with Crippen molar-refractivity contribution in [3.8, 4) is 5.75 Å². The number of hydrogen-bond donors (Lipinski definition) is 1. The lowest BCUT2D eigenvalue weighted by molar-refractivity contribution is -0.153. The number of nitrogens with zero attached hydrogens (tertiary/aromatic N) is 1. The fourth-order valence-electron chi connectivity index (χ4n) is 3.43. The van der Waals surface area contributed by atoms with Gasteiger partial charge in [0.2, 0.25) is 0 Å². The number of benzene rings is 1. The molecule has 0 aliphatic carbocycles. The van der Waals surface area contributed by atoms with Gasteiger partial charge in [-0.3, -0.25) is 0 Å². The third kappa shape index (κ3) is 13.4. The van der Waals surface area contributed by atoms with Crippen molar-refractivity contribution in [3.63, 3.8) is 0 Å². The molecule has 194 valence electrons. The summed E-state index contributed by atoms with van der Waals surface area (Å²) in [5.41, 5.74) is 0.356. The Labute approximate surface area is 205 Å². The molecule has 1 amide bonds. The van der Waals surface area contributed by atoms with Crippen LogP contribution in [-0.4, -0.2) is 59.6 Å². The second-order valence-electron chi connectivity index (χ2n) is 9.94. The van der Waals surface area contributed by atoms with Crippen LogP contribution in [0.4, 0.5) is 4.79 Å². The van der Waals surface area contributed by atoms with Gasteiger partial charge in [-0.2, -0.15) is 0 Å². The Kier molecular flexibility index (Phi) is 13.6. The molecule has 1 N–H and O–H groups in total. The maximum atomic E-state index is 12.6. The van der Waals surface area contributed by atoms with Crippen LogP contribution in [0.15, 0.2) is 24.3 Å². The standard InChI is InChI=1S/C27H45NO6/c1-7-8-9-10-11-17-28(26(31)34-27(4,5)6)18-12-19-32-23-15-13-22(14-16-23)20-24(25(29)30)33-21(2)3/h13-16,21,24H,7-12,17-20H2,1-6H3,(H,29,30). The van der Waals surface area contributed by atoms with Crippen LogP contribution in [-0.2, 0) is 20.7 Å². The average molecular weight is 480 g/mol. The first kappa shape index (κ1) is 29.8. The molecule has 1 atom stereocenters. The first-order chi connectivity index (χ1) is 16.0. The Morgan fingerprint density at radius 2 is 1.59 bits per heavy atom. The molecule has 0 saturated heterocycles. The summed E-state index contributed by atoms with van der Waals surface area (Å²) in [6.07, 6.45) is 5.39. The van der Waals surface area contributed by atoms with E-state index in [9.17, 15) is 14.7 Å². The van der Waals surface area contributed by atoms with E-state index in [1.807, 2.05) is 58.9 Å². The Balaban J connectivity index is 2.52. The summed E-state index contributed by atoms with van der Waals surface area (Å²) < 4.78 is 16.9. The highest BCUT2D eigenvalue weighted by molar-refractivity contribution is 5.72. The molecule has 0 saturated carbocycles. The molecule has 7 nitrogen and oxygen atoms in total. The molecule has 0 aromatic heterocycles. The largest absolute Gasteiger partial charge is 0.494 e. The maximum absolute atomic E-state index is 12.6. The van der Waals surface area contributed by atoms with Crippen LogP contribution in [0.2, 0.25) is 0 Å². The topological polar surface area (TPSA) is 85.3 Å². The van der Waals surface area contributed by atoms with Gasteiger partial charge >= 0.3 is 12.1 Å². The van der Waals surface area contributed by atoms with Crippen molar-refractivity contribution >= 4 is 12.1 Å². The molecule has 7 heteroatoms. The van der Waals surface area contributed by atoms with E-state index in [1.54, 1.807) is 4.90 Å². The zero-order chi connectivity index (χ0) is 25.6. The molecule has 0 aliphatic heterocycles. The van der Waals surface area contributed by atoms with Crippen LogP contribution in [0.5, 0.6) is 5.75 Å². The third-order valence-corrected chi connectivity index (χ3v) is 5.08. The van der Waals surface area contributed by atoms with Crippen LogP contribution < -0.4 is 4.74 Å². The van der Waals surface area contributed by atoms with E-state index in [1.165, 1.54) is 19.3 Å². The quantitative estimate of drug-likeness (QED) is 0.289. The number of carbonyl (C=O) groups excluding carboxylic acids is 1. The van der Waals surface area contributed by atoms with E-state index in [4.69, 9.17) is 14.2 Å². The minimum Gasteiger partial charge on any atom is -0.494 e. The molecule has 0 radical (unpaired) electrons. The molecule has 1 unspecified atom stereocenters. The highest BCUT2D eigenvalue weighted by Gasteiger charge is 2.22. The van der Waals surface area contributed by atoms with Gasteiger partial charge in [0.05, 0.1) is 12.7 Å². The summed E-state index contributed by atoms with van der Waals surface area (Å²) in [5, 5.41) is 9.33. The summed E-state index contributed by atoms with van der Waals surface area (Å²) in [6, 6.07) is 7.39. The van der Waals surface area contributed by atoms with E-state index in [0.717, 1.165) is 18.4 Å². The number of ether oxygens (including phenoxy) is 3. The Morgan fingerprint density at radius 1 is 0.971 bits per heavy atom. The van der Waals surface area contributed by atoms with Crippen LogP contribution in [0, 0.1) is 0 Å². The van der Waals surface area contributed by atoms with Gasteiger partial charge in [-0.1, -0.05) is 44.7 Å². The van der Waals surface area contributed by atoms with Crippen LogP contribution in [0.25, 0.3) is 0 Å². The molecule has 0 heterocycles. The minimum atomic E-state index is -0.964. The maximum Gasteiger partial charge on any atom is 0.410 e. The molecule has 0 fully saturated rings. The Hall–Kier alpha value is -2.28. The van der Waals surface area contributed by atoms with E-state index >= 15 is 0 Å². The third-order valence-electron chi connectivity index (χ3n) is 5.08. The number of amides is 1. The normalized spacial score (nSPS) is 12.4. The number of carbonyl (C=O) groups is 2. The number of aliphatic carboxylic acids is 1. The van der Waals surface area contributed by atoms with Crippen molar-refractivity contribution in [2.45, 2.75) is 104 Å². The smallest absolute Gasteiger partial charge is 0.410 e. The number of carboxylic acid groups (broad SMARTS) is 1. The SMILES string of the molecule is CCCCCCCN(CCCOc1ccc(CC(OC(C)C)C(=O)O)cc1)C(=O)OC(C)(C)C. The average Bonchev–Trinajstić information content (AvgIpc) is 2.74. The number of hydrogen-bond acceptors (Lipinski definition) is 5. The van der Waals surface area contributed by atoms with Gasteiger partial charge in [0, 0.05) is 19.5 Å². The van der Waals surface area contributed by atoms with Gasteiger partial charge in [0.15, 0.2) is 6.10 Å². The second kappa shape index (κ2) is 15.6. The molecule has 1 rings (SSSR count). The second-order valence-corrected chi connectivity index (χ2v) is 9.94. The van der Waals surface area contributed by atoms with Crippen LogP contribution in [0.1, 0.15) is 85.6 Å². The van der Waals surface area contributed by atoms with Gasteiger partial charge in [0.1, 0.15) is 11.4 Å². The fourth-order valence-corrected chi connectivity index (χ4v) is 3.43. The van der Waals surface area contributed by atoms with E-state index in [2.05, 4.69) is 6.92 Å². The van der Waals surface area contributed by atoms with Gasteiger partial charge in [-0.15, -0.1) is 0 Å². The number of rotatable bonds is 16. The summed E-state index contributed by atoms with van der Waals surface area (Å²) in [6.45, 7) is 13.2. The first-order valence-corrected chi connectivity index (χ1v) is 12.6.